The molecule has 0 aromatic carbocycles. The molecule has 0 bridgehead atoms. The highest BCUT2D eigenvalue weighted by Gasteiger charge is 2.39. The first-order valence-electron chi connectivity index (χ1n) is 6.68. The molecule has 3 heterocycles. The number of hydrogen-bond donors (Lipinski definition) is 1. The molecule has 1 N–H and O–H groups in total. The summed E-state index contributed by atoms with van der Waals surface area (Å²) < 4.78 is 0. The zero-order chi connectivity index (χ0) is 11.6. The molecule has 2 aliphatic heterocycles. The monoisotopic (exact) mass is 303 g/mol. The molecule has 2 saturated heterocycles. The minimum Gasteiger partial charge on any atom is -0.316 e. The lowest BCUT2D eigenvalue weighted by atomic mass is 9.87. The molecule has 5 heteroatoms. The summed E-state index contributed by atoms with van der Waals surface area (Å²) in [6.45, 7) is 6.21. The van der Waals surface area contributed by atoms with E-state index in [1.807, 2.05) is 18.5 Å². The molecule has 0 radical (unpaired) electrons. The van der Waals surface area contributed by atoms with Crippen molar-refractivity contribution in [3.63, 3.8) is 0 Å². The van der Waals surface area contributed by atoms with Crippen LogP contribution in [-0.4, -0.2) is 42.6 Å². The molecular weight excluding hydrogens is 281 g/mol. The van der Waals surface area contributed by atoms with Crippen molar-refractivity contribution in [1.82, 2.24) is 15.2 Å². The third-order valence-electron chi connectivity index (χ3n) is 4.29. The molecular formula is C14H23Cl2N3. The van der Waals surface area contributed by atoms with Crippen LogP contribution in [0, 0.1) is 5.41 Å². The van der Waals surface area contributed by atoms with Crippen molar-refractivity contribution >= 4 is 24.8 Å². The third-order valence-corrected chi connectivity index (χ3v) is 4.29. The predicted molar refractivity (Wildman–Crippen MR) is 83.4 cm³/mol. The fraction of sp³-hybridized carbons (Fsp3) is 0.643. The van der Waals surface area contributed by atoms with Crippen LogP contribution in [0.25, 0.3) is 0 Å². The number of rotatable bonds is 3. The summed E-state index contributed by atoms with van der Waals surface area (Å²) in [5.74, 6) is 0. The molecule has 2 fully saturated rings. The van der Waals surface area contributed by atoms with E-state index >= 15 is 0 Å². The molecule has 3 rings (SSSR count). The van der Waals surface area contributed by atoms with Gasteiger partial charge >= 0.3 is 0 Å². The number of halogens is 2. The summed E-state index contributed by atoms with van der Waals surface area (Å²) >= 11 is 0. The maximum atomic E-state index is 4.17. The topological polar surface area (TPSA) is 28.2 Å². The van der Waals surface area contributed by atoms with Gasteiger partial charge in [0.05, 0.1) is 0 Å². The van der Waals surface area contributed by atoms with E-state index in [0.29, 0.717) is 5.41 Å². The lowest BCUT2D eigenvalue weighted by Crippen LogP contribution is -2.30. The second-order valence-electron chi connectivity index (χ2n) is 5.56. The van der Waals surface area contributed by atoms with E-state index in [1.165, 1.54) is 51.1 Å². The summed E-state index contributed by atoms with van der Waals surface area (Å²) in [5, 5.41) is 3.51. The number of aromatic nitrogens is 1. The van der Waals surface area contributed by atoms with Gasteiger partial charge in [0.2, 0.25) is 0 Å². The van der Waals surface area contributed by atoms with Crippen LogP contribution in [0.15, 0.2) is 24.5 Å². The number of pyridine rings is 1. The molecule has 3 nitrogen and oxygen atoms in total. The Kier molecular flexibility index (Phi) is 6.54. The third kappa shape index (κ3) is 4.06. The van der Waals surface area contributed by atoms with Gasteiger partial charge in [0.15, 0.2) is 0 Å². The smallest absolute Gasteiger partial charge is 0.0300 e. The number of likely N-dealkylation sites (tertiary alicyclic amines) is 1. The number of hydrogen-bond acceptors (Lipinski definition) is 3. The summed E-state index contributed by atoms with van der Waals surface area (Å²) in [7, 11) is 0. The number of nitrogens with zero attached hydrogens (tertiary/aromatic N) is 2. The van der Waals surface area contributed by atoms with Crippen LogP contribution in [0.4, 0.5) is 0 Å². The highest BCUT2D eigenvalue weighted by molar-refractivity contribution is 5.85. The van der Waals surface area contributed by atoms with Crippen LogP contribution >= 0.6 is 24.8 Å². The zero-order valence-electron chi connectivity index (χ0n) is 11.2. The van der Waals surface area contributed by atoms with Crippen molar-refractivity contribution in [2.75, 3.05) is 32.7 Å². The first-order valence-corrected chi connectivity index (χ1v) is 6.68. The highest BCUT2D eigenvalue weighted by Crippen LogP contribution is 2.35. The van der Waals surface area contributed by atoms with E-state index in [9.17, 15) is 0 Å². The van der Waals surface area contributed by atoms with Crippen LogP contribution in [0.5, 0.6) is 0 Å². The first kappa shape index (κ1) is 16.7. The van der Waals surface area contributed by atoms with Crippen LogP contribution in [0.3, 0.4) is 0 Å². The Morgan fingerprint density at radius 2 is 2.21 bits per heavy atom. The molecule has 1 unspecified atom stereocenters. The average molecular weight is 304 g/mol. The maximum absolute atomic E-state index is 4.17. The van der Waals surface area contributed by atoms with Crippen LogP contribution in [-0.2, 0) is 6.42 Å². The van der Waals surface area contributed by atoms with Crippen LogP contribution in [0.1, 0.15) is 18.4 Å². The molecule has 2 aliphatic rings. The molecule has 1 aromatic rings. The van der Waals surface area contributed by atoms with Gasteiger partial charge in [-0.3, -0.25) is 4.98 Å². The zero-order valence-corrected chi connectivity index (χ0v) is 12.8. The Morgan fingerprint density at radius 1 is 1.32 bits per heavy atom. The van der Waals surface area contributed by atoms with Crippen molar-refractivity contribution in [2.45, 2.75) is 19.3 Å². The normalized spacial score (nSPS) is 26.1. The van der Waals surface area contributed by atoms with Gasteiger partial charge in [-0.15, -0.1) is 24.8 Å². The lowest BCUT2D eigenvalue weighted by Gasteiger charge is -2.22. The predicted octanol–water partition coefficient (Wildman–Crippen LogP) is 2.15. The molecule has 1 atom stereocenters. The van der Waals surface area contributed by atoms with Gasteiger partial charge in [0.25, 0.3) is 0 Å². The largest absolute Gasteiger partial charge is 0.316 e. The minimum absolute atomic E-state index is 0. The van der Waals surface area contributed by atoms with E-state index in [4.69, 9.17) is 0 Å². The molecule has 19 heavy (non-hydrogen) atoms. The fourth-order valence-corrected chi connectivity index (χ4v) is 3.20. The van der Waals surface area contributed by atoms with Crippen LogP contribution in [0.2, 0.25) is 0 Å². The van der Waals surface area contributed by atoms with E-state index in [-0.39, 0.29) is 24.8 Å². The Labute approximate surface area is 128 Å². The van der Waals surface area contributed by atoms with Crippen molar-refractivity contribution in [3.8, 4) is 0 Å². The van der Waals surface area contributed by atoms with Gasteiger partial charge in [-0.25, -0.2) is 0 Å². The van der Waals surface area contributed by atoms with Crippen molar-refractivity contribution in [2.24, 2.45) is 5.41 Å². The molecule has 0 amide bonds. The average Bonchev–Trinajstić information content (AvgIpc) is 2.99. The standard InChI is InChI=1S/C14H21N3.2ClH/c1-2-13(10-15-6-1)3-8-17-9-5-14(12-17)4-7-16-11-14;;/h1-2,6,10,16H,3-5,7-9,11-12H2;2*1H. The molecule has 108 valence electrons. The first-order chi connectivity index (χ1) is 8.36. The van der Waals surface area contributed by atoms with Gasteiger partial charge in [-0.1, -0.05) is 6.07 Å². The Balaban J connectivity index is 0.000000902. The highest BCUT2D eigenvalue weighted by atomic mass is 35.5. The summed E-state index contributed by atoms with van der Waals surface area (Å²) in [6.07, 6.45) is 7.72. The van der Waals surface area contributed by atoms with Gasteiger partial charge in [-0.05, 0) is 49.4 Å². The Bertz CT molecular complexity index is 366. The van der Waals surface area contributed by atoms with Gasteiger partial charge in [-0.2, -0.15) is 0 Å². The Hall–Kier alpha value is -0.350. The SMILES string of the molecule is Cl.Cl.c1cncc(CCN2CCC3(CCNC3)C2)c1. The van der Waals surface area contributed by atoms with Crippen molar-refractivity contribution < 1.29 is 0 Å². The quantitative estimate of drug-likeness (QED) is 0.927. The van der Waals surface area contributed by atoms with Gasteiger partial charge < -0.3 is 10.2 Å². The summed E-state index contributed by atoms with van der Waals surface area (Å²) in [6, 6.07) is 4.21. The summed E-state index contributed by atoms with van der Waals surface area (Å²) in [5.41, 5.74) is 1.97. The van der Waals surface area contributed by atoms with E-state index < -0.39 is 0 Å². The van der Waals surface area contributed by atoms with Crippen LogP contribution < -0.4 is 5.32 Å². The van der Waals surface area contributed by atoms with Crippen molar-refractivity contribution in [3.05, 3.63) is 30.1 Å². The van der Waals surface area contributed by atoms with Gasteiger partial charge in [0.1, 0.15) is 0 Å². The van der Waals surface area contributed by atoms with Gasteiger partial charge in [0, 0.05) is 32.0 Å². The minimum atomic E-state index is 0. The van der Waals surface area contributed by atoms with E-state index in [0.717, 1.165) is 6.42 Å². The molecule has 0 aliphatic carbocycles. The van der Waals surface area contributed by atoms with E-state index in [1.54, 1.807) is 0 Å². The van der Waals surface area contributed by atoms with Crippen molar-refractivity contribution in [1.29, 1.82) is 0 Å². The van der Waals surface area contributed by atoms with E-state index in [2.05, 4.69) is 21.3 Å². The fourth-order valence-electron chi connectivity index (χ4n) is 3.20. The molecule has 0 saturated carbocycles. The molecule has 1 spiro atoms. The summed E-state index contributed by atoms with van der Waals surface area (Å²) in [4.78, 5) is 6.80. The second-order valence-corrected chi connectivity index (χ2v) is 5.56. The Morgan fingerprint density at radius 3 is 2.89 bits per heavy atom. The maximum Gasteiger partial charge on any atom is 0.0300 e. The number of nitrogens with one attached hydrogen (secondary N) is 1. The second kappa shape index (κ2) is 7.44. The molecule has 1 aromatic heterocycles. The lowest BCUT2D eigenvalue weighted by molar-refractivity contribution is 0.277.